The van der Waals surface area contributed by atoms with Crippen molar-refractivity contribution in [3.63, 3.8) is 0 Å². The Morgan fingerprint density at radius 1 is 0.951 bits per heavy atom. The summed E-state index contributed by atoms with van der Waals surface area (Å²) in [5, 5.41) is 12.5. The molecule has 41 heavy (non-hydrogen) atoms. The number of amides is 2. The lowest BCUT2D eigenvalue weighted by molar-refractivity contribution is -0.150. The Kier molecular flexibility index (Phi) is 15.2. The lowest BCUT2D eigenvalue weighted by atomic mass is 9.94. The van der Waals surface area contributed by atoms with Gasteiger partial charge in [0.25, 0.3) is 0 Å². The second kappa shape index (κ2) is 18.6. The first-order valence-electron chi connectivity index (χ1n) is 14.4. The van der Waals surface area contributed by atoms with Crippen molar-refractivity contribution in [3.05, 3.63) is 97.1 Å². The molecule has 0 radical (unpaired) electrons. The molecule has 0 heterocycles. The largest absolute Gasteiger partial charge is 0.463 e. The summed E-state index contributed by atoms with van der Waals surface area (Å²) in [5.74, 6) is -1.75. The number of benzene rings is 2. The number of nitrogens with zero attached hydrogens (tertiary/aromatic N) is 1. The average molecular weight is 563 g/mol. The summed E-state index contributed by atoms with van der Waals surface area (Å²) in [6.07, 6.45) is 5.63. The lowest BCUT2D eigenvalue weighted by Gasteiger charge is -2.27. The quantitative estimate of drug-likeness (QED) is 0.184. The molecule has 0 spiro atoms. The van der Waals surface area contributed by atoms with Gasteiger partial charge >= 0.3 is 5.97 Å². The Balaban J connectivity index is 2.03. The highest BCUT2D eigenvalue weighted by molar-refractivity contribution is 5.86. The summed E-state index contributed by atoms with van der Waals surface area (Å²) in [4.78, 5) is 41.2. The molecule has 0 aliphatic rings. The minimum atomic E-state index is -0.632. The maximum atomic E-state index is 13.4. The van der Waals surface area contributed by atoms with Crippen molar-refractivity contribution in [1.82, 2.24) is 10.2 Å². The van der Waals surface area contributed by atoms with Gasteiger partial charge in [0.05, 0.1) is 24.5 Å². The summed E-state index contributed by atoms with van der Waals surface area (Å²) >= 11 is 0. The molecule has 7 heteroatoms. The first-order chi connectivity index (χ1) is 19.8. The predicted molar refractivity (Wildman–Crippen MR) is 163 cm³/mol. The third kappa shape index (κ3) is 12.1. The van der Waals surface area contributed by atoms with Crippen molar-refractivity contribution >= 4 is 17.8 Å². The van der Waals surface area contributed by atoms with Gasteiger partial charge in [0.15, 0.2) is 0 Å². The Hall–Kier alpha value is -3.71. The topological polar surface area (TPSA) is 95.9 Å². The van der Waals surface area contributed by atoms with Gasteiger partial charge in [-0.25, -0.2) is 0 Å². The third-order valence-electron chi connectivity index (χ3n) is 7.10. The van der Waals surface area contributed by atoms with E-state index in [1.54, 1.807) is 17.1 Å². The van der Waals surface area contributed by atoms with E-state index in [1.165, 1.54) is 0 Å². The van der Waals surface area contributed by atoms with Gasteiger partial charge in [0, 0.05) is 19.5 Å². The Morgan fingerprint density at radius 3 is 2.15 bits per heavy atom. The van der Waals surface area contributed by atoms with E-state index in [0.29, 0.717) is 32.2 Å². The predicted octanol–water partition coefficient (Wildman–Crippen LogP) is 5.10. The molecule has 2 N–H and O–H groups in total. The van der Waals surface area contributed by atoms with Crippen LogP contribution in [0.4, 0.5) is 0 Å². The summed E-state index contributed by atoms with van der Waals surface area (Å²) in [6.45, 7) is 11.9. The van der Waals surface area contributed by atoms with Gasteiger partial charge in [-0.3, -0.25) is 14.4 Å². The average Bonchev–Trinajstić information content (AvgIpc) is 2.97. The highest BCUT2D eigenvalue weighted by Crippen LogP contribution is 2.19. The Morgan fingerprint density at radius 2 is 1.59 bits per heavy atom. The molecule has 0 aliphatic heterocycles. The molecule has 2 aromatic rings. The smallest absolute Gasteiger partial charge is 0.309 e. The first kappa shape index (κ1) is 33.5. The van der Waals surface area contributed by atoms with E-state index in [1.807, 2.05) is 74.5 Å². The van der Waals surface area contributed by atoms with Crippen molar-refractivity contribution in [2.75, 3.05) is 19.8 Å². The van der Waals surface area contributed by atoms with Gasteiger partial charge in [0.2, 0.25) is 11.8 Å². The van der Waals surface area contributed by atoms with Gasteiger partial charge in [-0.1, -0.05) is 86.7 Å². The molecular formula is C34H46N2O5. The fourth-order valence-corrected chi connectivity index (χ4v) is 4.55. The molecular weight excluding hydrogens is 516 g/mol. The number of hydrogen-bond donors (Lipinski definition) is 2. The molecule has 0 saturated carbocycles. The van der Waals surface area contributed by atoms with Crippen LogP contribution in [0.15, 0.2) is 86.0 Å². The summed E-state index contributed by atoms with van der Waals surface area (Å²) in [7, 11) is 0. The molecule has 2 aromatic carbocycles. The van der Waals surface area contributed by atoms with Gasteiger partial charge in [0.1, 0.15) is 6.61 Å². The van der Waals surface area contributed by atoms with E-state index in [4.69, 9.17) is 4.74 Å². The summed E-state index contributed by atoms with van der Waals surface area (Å²) in [5.41, 5.74) is 2.01. The highest BCUT2D eigenvalue weighted by atomic mass is 16.5. The molecule has 3 atom stereocenters. The van der Waals surface area contributed by atoms with Crippen LogP contribution in [0.1, 0.15) is 50.7 Å². The number of aliphatic hydroxyl groups is 1. The SMILES string of the molecule is C=CCC[C@H](Cc1ccccc1)C(=O)OC[C@@H](NC(=O)[C@H](CC=C)CC(=O)N(CCO)Cc1ccccc1)C(C)C. The number of nitrogens with one attached hydrogen (secondary N) is 1. The monoisotopic (exact) mass is 562 g/mol. The molecule has 2 rings (SSSR count). The van der Waals surface area contributed by atoms with Crippen molar-refractivity contribution in [2.45, 2.75) is 58.5 Å². The van der Waals surface area contributed by atoms with Crippen LogP contribution in [-0.2, 0) is 32.1 Å². The summed E-state index contributed by atoms with van der Waals surface area (Å²) < 4.78 is 5.74. The van der Waals surface area contributed by atoms with Crippen LogP contribution in [0.3, 0.4) is 0 Å². The van der Waals surface area contributed by atoms with Gasteiger partial charge in [-0.2, -0.15) is 0 Å². The van der Waals surface area contributed by atoms with E-state index >= 15 is 0 Å². The highest BCUT2D eigenvalue weighted by Gasteiger charge is 2.28. The molecule has 0 bridgehead atoms. The zero-order valence-electron chi connectivity index (χ0n) is 24.5. The Labute approximate surface area is 245 Å². The number of allylic oxidation sites excluding steroid dienone is 2. The normalized spacial score (nSPS) is 13.1. The van der Waals surface area contributed by atoms with E-state index in [2.05, 4.69) is 18.5 Å². The van der Waals surface area contributed by atoms with Crippen molar-refractivity contribution in [3.8, 4) is 0 Å². The van der Waals surface area contributed by atoms with Crippen LogP contribution in [0.25, 0.3) is 0 Å². The lowest BCUT2D eigenvalue weighted by Crippen LogP contribution is -2.46. The standard InChI is InChI=1S/C34H46N2O5/c1-5-7-19-30(22-27-15-10-8-11-16-27)34(40)41-25-31(26(3)4)35-33(39)29(14-6-2)23-32(38)36(20-21-37)24-28-17-12-9-13-18-28/h5-6,8-13,15-18,26,29-31,37H,1-2,7,14,19-25H2,3-4H3,(H,35,39)/t29-,30-,31-/m1/s1. The molecule has 0 unspecified atom stereocenters. The number of carbonyl (C=O) groups excluding carboxylic acids is 3. The fraction of sp³-hybridized carbons (Fsp3) is 0.441. The first-order valence-corrected chi connectivity index (χ1v) is 14.4. The molecule has 2 amide bonds. The van der Waals surface area contributed by atoms with Gasteiger partial charge in [-0.15, -0.1) is 13.2 Å². The number of esters is 1. The number of ether oxygens (including phenoxy) is 1. The fourth-order valence-electron chi connectivity index (χ4n) is 4.55. The second-order valence-corrected chi connectivity index (χ2v) is 10.7. The number of hydrogen-bond acceptors (Lipinski definition) is 5. The van der Waals surface area contributed by atoms with Crippen LogP contribution >= 0.6 is 0 Å². The van der Waals surface area contributed by atoms with Crippen LogP contribution in [-0.4, -0.2) is 53.6 Å². The Bertz CT molecular complexity index is 1090. The molecule has 0 aromatic heterocycles. The molecule has 222 valence electrons. The van der Waals surface area contributed by atoms with Crippen LogP contribution in [0.2, 0.25) is 0 Å². The second-order valence-electron chi connectivity index (χ2n) is 10.7. The minimum absolute atomic E-state index is 0.00320. The molecule has 0 saturated heterocycles. The molecule has 0 fully saturated rings. The third-order valence-corrected chi connectivity index (χ3v) is 7.10. The van der Waals surface area contributed by atoms with Crippen molar-refractivity contribution in [1.29, 1.82) is 0 Å². The van der Waals surface area contributed by atoms with Crippen molar-refractivity contribution < 1.29 is 24.2 Å². The molecule has 0 aliphatic carbocycles. The van der Waals surface area contributed by atoms with Crippen LogP contribution < -0.4 is 5.32 Å². The van der Waals surface area contributed by atoms with Gasteiger partial charge in [-0.05, 0) is 42.7 Å². The van der Waals surface area contributed by atoms with Crippen molar-refractivity contribution in [2.24, 2.45) is 17.8 Å². The number of aliphatic hydroxyl groups excluding tert-OH is 1. The van der Waals surface area contributed by atoms with Crippen LogP contribution in [0.5, 0.6) is 0 Å². The molecule has 7 nitrogen and oxygen atoms in total. The van der Waals surface area contributed by atoms with E-state index in [0.717, 1.165) is 11.1 Å². The zero-order valence-corrected chi connectivity index (χ0v) is 24.5. The maximum Gasteiger partial charge on any atom is 0.309 e. The van der Waals surface area contributed by atoms with E-state index in [9.17, 15) is 19.5 Å². The van der Waals surface area contributed by atoms with E-state index < -0.39 is 12.0 Å². The minimum Gasteiger partial charge on any atom is -0.463 e. The zero-order chi connectivity index (χ0) is 30.0. The number of rotatable bonds is 19. The summed E-state index contributed by atoms with van der Waals surface area (Å²) in [6, 6.07) is 18.9. The van der Waals surface area contributed by atoms with Crippen LogP contribution in [0, 0.1) is 17.8 Å². The van der Waals surface area contributed by atoms with Gasteiger partial charge < -0.3 is 20.1 Å². The van der Waals surface area contributed by atoms with E-state index in [-0.39, 0.29) is 55.8 Å². The maximum absolute atomic E-state index is 13.4. The number of carbonyl (C=O) groups is 3.